The Bertz CT molecular complexity index is 1030. The average molecular weight is 462 g/mol. The number of hydrogen-bond acceptors (Lipinski definition) is 5. The van der Waals surface area contributed by atoms with E-state index in [2.05, 4.69) is 36.8 Å². The van der Waals surface area contributed by atoms with E-state index < -0.39 is 0 Å². The molecule has 0 fully saturated rings. The number of nitrogens with one attached hydrogen (secondary N) is 1. The summed E-state index contributed by atoms with van der Waals surface area (Å²) in [5.41, 5.74) is 9.57. The number of nitrogens with zero attached hydrogens (tertiary/aromatic N) is 3. The molecule has 0 amide bonds. The quantitative estimate of drug-likeness (QED) is 0.390. The van der Waals surface area contributed by atoms with Crippen LogP contribution in [0.3, 0.4) is 0 Å². The molecule has 0 bridgehead atoms. The van der Waals surface area contributed by atoms with Gasteiger partial charge in [-0.05, 0) is 55.7 Å². The highest BCUT2D eigenvalue weighted by atomic mass is 35.5. The van der Waals surface area contributed by atoms with Gasteiger partial charge in [-0.15, -0.1) is 24.8 Å². The maximum atomic E-state index is 7.46. The van der Waals surface area contributed by atoms with Gasteiger partial charge in [-0.1, -0.05) is 20.8 Å². The van der Waals surface area contributed by atoms with Gasteiger partial charge in [0.05, 0.1) is 11.8 Å². The van der Waals surface area contributed by atoms with Crippen LogP contribution in [-0.4, -0.2) is 26.9 Å². The van der Waals surface area contributed by atoms with Gasteiger partial charge >= 0.3 is 0 Å². The summed E-state index contributed by atoms with van der Waals surface area (Å²) in [5, 5.41) is 7.46. The van der Waals surface area contributed by atoms with Crippen molar-refractivity contribution in [3.8, 4) is 28.4 Å². The van der Waals surface area contributed by atoms with Crippen molar-refractivity contribution in [1.29, 1.82) is 5.41 Å². The Morgan fingerprint density at radius 1 is 1.00 bits per heavy atom. The summed E-state index contributed by atoms with van der Waals surface area (Å²) in [7, 11) is 0. The van der Waals surface area contributed by atoms with Crippen molar-refractivity contribution in [2.45, 2.75) is 46.1 Å². The average Bonchev–Trinajstić information content (AvgIpc) is 2.67. The molecule has 3 N–H and O–H groups in total. The summed E-state index contributed by atoms with van der Waals surface area (Å²) in [5.74, 6) is 1.41. The fourth-order valence-corrected chi connectivity index (χ4v) is 2.98. The lowest BCUT2D eigenvalue weighted by atomic mass is 9.85. The molecule has 3 rings (SSSR count). The number of amidine groups is 1. The van der Waals surface area contributed by atoms with Crippen LogP contribution in [0, 0.1) is 5.41 Å². The van der Waals surface area contributed by atoms with Gasteiger partial charge in [-0.2, -0.15) is 0 Å². The van der Waals surface area contributed by atoms with E-state index in [0.29, 0.717) is 11.5 Å². The first-order valence-corrected chi connectivity index (χ1v) is 9.60. The van der Waals surface area contributed by atoms with Gasteiger partial charge in [0, 0.05) is 29.1 Å². The second-order valence-corrected chi connectivity index (χ2v) is 8.24. The minimum Gasteiger partial charge on any atom is -0.491 e. The maximum absolute atomic E-state index is 7.46. The van der Waals surface area contributed by atoms with Gasteiger partial charge in [0.25, 0.3) is 0 Å². The summed E-state index contributed by atoms with van der Waals surface area (Å²) in [4.78, 5) is 13.3. The van der Waals surface area contributed by atoms with Crippen molar-refractivity contribution in [3.63, 3.8) is 0 Å². The van der Waals surface area contributed by atoms with Gasteiger partial charge in [0.2, 0.25) is 0 Å². The Morgan fingerprint density at radius 3 is 2.23 bits per heavy atom. The molecule has 0 saturated carbocycles. The lowest BCUT2D eigenvalue weighted by molar-refractivity contribution is 0.236. The number of hydrogen-bond donors (Lipinski definition) is 2. The van der Waals surface area contributed by atoms with Crippen molar-refractivity contribution in [2.24, 2.45) is 5.73 Å². The molecule has 0 atom stereocenters. The van der Waals surface area contributed by atoms with Crippen molar-refractivity contribution in [1.82, 2.24) is 15.0 Å². The van der Waals surface area contributed by atoms with Crippen LogP contribution >= 0.6 is 24.8 Å². The van der Waals surface area contributed by atoms with Gasteiger partial charge in [0.1, 0.15) is 17.3 Å². The molecular weight excluding hydrogens is 433 g/mol. The second-order valence-electron chi connectivity index (χ2n) is 8.24. The number of rotatable bonds is 5. The fraction of sp³-hybridized carbons (Fsp3) is 0.304. The number of nitrogens with two attached hydrogens (primary N) is 1. The minimum absolute atomic E-state index is 0. The first-order chi connectivity index (χ1) is 13.6. The zero-order valence-electron chi connectivity index (χ0n) is 18.3. The highest BCUT2D eigenvalue weighted by molar-refractivity contribution is 5.93. The molecule has 1 aromatic carbocycles. The van der Waals surface area contributed by atoms with E-state index in [0.717, 1.165) is 28.1 Å². The third-order valence-corrected chi connectivity index (χ3v) is 4.40. The number of aromatic nitrogens is 3. The van der Waals surface area contributed by atoms with Crippen LogP contribution in [0.1, 0.15) is 45.9 Å². The predicted molar refractivity (Wildman–Crippen MR) is 131 cm³/mol. The van der Waals surface area contributed by atoms with E-state index in [1.54, 1.807) is 18.5 Å². The number of benzene rings is 1. The molecule has 0 saturated heterocycles. The van der Waals surface area contributed by atoms with E-state index in [4.69, 9.17) is 20.9 Å². The van der Waals surface area contributed by atoms with E-state index in [9.17, 15) is 0 Å². The lowest BCUT2D eigenvalue weighted by Crippen LogP contribution is -2.16. The van der Waals surface area contributed by atoms with Crippen LogP contribution in [0.2, 0.25) is 0 Å². The van der Waals surface area contributed by atoms with Crippen molar-refractivity contribution >= 4 is 30.6 Å². The molecule has 0 unspecified atom stereocenters. The Kier molecular flexibility index (Phi) is 8.97. The van der Waals surface area contributed by atoms with Crippen LogP contribution < -0.4 is 10.5 Å². The molecule has 0 aliphatic rings. The summed E-state index contributed by atoms with van der Waals surface area (Å²) in [6, 6.07) is 11.6. The van der Waals surface area contributed by atoms with E-state index >= 15 is 0 Å². The normalized spacial score (nSPS) is 10.8. The molecule has 2 aromatic heterocycles. The Hall–Kier alpha value is -2.70. The molecule has 6 nitrogen and oxygen atoms in total. The molecule has 166 valence electrons. The molecule has 0 aliphatic heterocycles. The van der Waals surface area contributed by atoms with E-state index in [1.165, 1.54) is 0 Å². The smallest absolute Gasteiger partial charge is 0.161 e. The molecular formula is C23H29Cl2N5O. The third kappa shape index (κ3) is 6.39. The zero-order valence-corrected chi connectivity index (χ0v) is 20.0. The number of ether oxygens (including phenoxy) is 1. The van der Waals surface area contributed by atoms with Crippen LogP contribution in [0.25, 0.3) is 22.6 Å². The number of halogens is 2. The highest BCUT2D eigenvalue weighted by Crippen LogP contribution is 2.35. The van der Waals surface area contributed by atoms with Crippen molar-refractivity contribution in [3.05, 3.63) is 60.0 Å². The number of pyridine rings is 1. The summed E-state index contributed by atoms with van der Waals surface area (Å²) < 4.78 is 6.02. The molecule has 31 heavy (non-hydrogen) atoms. The molecule has 3 aromatic rings. The summed E-state index contributed by atoms with van der Waals surface area (Å²) in [6.07, 6.45) is 3.49. The fourth-order valence-electron chi connectivity index (χ4n) is 2.98. The molecule has 2 heterocycles. The molecule has 0 spiro atoms. The largest absolute Gasteiger partial charge is 0.491 e. The third-order valence-electron chi connectivity index (χ3n) is 4.40. The molecule has 0 radical (unpaired) electrons. The van der Waals surface area contributed by atoms with Crippen LogP contribution in [-0.2, 0) is 5.41 Å². The van der Waals surface area contributed by atoms with Crippen LogP contribution in [0.15, 0.2) is 48.8 Å². The standard InChI is InChI=1S/C23H27N5O.2ClH/c1-14(2)29-20-9-7-15(12-17(20)23(3,4)5)18-10-11-26-22(28-18)16-6-8-19(21(24)25)27-13-16;;/h6-14H,1-5H3,(H3,24,25);2*1H. The summed E-state index contributed by atoms with van der Waals surface area (Å²) in [6.45, 7) is 10.6. The minimum atomic E-state index is -0.0669. The van der Waals surface area contributed by atoms with Crippen LogP contribution in [0.5, 0.6) is 5.75 Å². The van der Waals surface area contributed by atoms with Crippen molar-refractivity contribution in [2.75, 3.05) is 0 Å². The SMILES string of the molecule is CC(C)Oc1ccc(-c2ccnc(-c3ccc(C(=N)N)nc3)n2)cc1C(C)(C)C.Cl.Cl. The zero-order chi connectivity index (χ0) is 21.2. The van der Waals surface area contributed by atoms with Crippen LogP contribution in [0.4, 0.5) is 0 Å². The molecule has 0 aliphatic carbocycles. The first-order valence-electron chi connectivity index (χ1n) is 9.60. The first kappa shape index (κ1) is 26.3. The second kappa shape index (κ2) is 10.6. The van der Waals surface area contributed by atoms with Gasteiger partial charge < -0.3 is 10.5 Å². The topological polar surface area (TPSA) is 97.8 Å². The van der Waals surface area contributed by atoms with Gasteiger partial charge in [-0.25, -0.2) is 9.97 Å². The predicted octanol–water partition coefficient (Wildman–Crippen LogP) is 5.42. The van der Waals surface area contributed by atoms with E-state index in [1.807, 2.05) is 38.1 Å². The highest BCUT2D eigenvalue weighted by Gasteiger charge is 2.21. The van der Waals surface area contributed by atoms with Gasteiger partial charge in [-0.3, -0.25) is 10.4 Å². The maximum Gasteiger partial charge on any atom is 0.161 e. The Balaban J connectivity index is 0.00000240. The lowest BCUT2D eigenvalue weighted by Gasteiger charge is -2.25. The van der Waals surface area contributed by atoms with Crippen molar-refractivity contribution < 1.29 is 4.74 Å². The number of nitrogen functional groups attached to an aromatic ring is 1. The monoisotopic (exact) mass is 461 g/mol. The summed E-state index contributed by atoms with van der Waals surface area (Å²) >= 11 is 0. The Labute approximate surface area is 196 Å². The molecule has 8 heteroatoms. The Morgan fingerprint density at radius 2 is 1.68 bits per heavy atom. The van der Waals surface area contributed by atoms with Gasteiger partial charge in [0.15, 0.2) is 5.82 Å². The van der Waals surface area contributed by atoms with E-state index in [-0.39, 0.29) is 42.2 Å².